The normalized spacial score (nSPS) is 11.8. The summed E-state index contributed by atoms with van der Waals surface area (Å²) in [6.07, 6.45) is 2.08. The number of amides is 1. The summed E-state index contributed by atoms with van der Waals surface area (Å²) in [5, 5.41) is 11.6. The van der Waals surface area contributed by atoms with Crippen molar-refractivity contribution in [3.05, 3.63) is 29.3 Å². The van der Waals surface area contributed by atoms with Crippen molar-refractivity contribution in [2.75, 3.05) is 6.61 Å². The van der Waals surface area contributed by atoms with Gasteiger partial charge in [0.2, 0.25) is 0 Å². The van der Waals surface area contributed by atoms with E-state index in [0.29, 0.717) is 12.2 Å². The summed E-state index contributed by atoms with van der Waals surface area (Å²) < 4.78 is 5.51. The Balaban J connectivity index is 2.55. The number of carboxylic acid groups (broad SMARTS) is 1. The molecule has 0 aliphatic rings. The smallest absolute Gasteiger partial charge is 0.326 e. The highest BCUT2D eigenvalue weighted by Gasteiger charge is 2.19. The number of hydrogen-bond acceptors (Lipinski definition) is 3. The van der Waals surface area contributed by atoms with E-state index in [-0.39, 0.29) is 6.61 Å². The molecule has 0 aliphatic heterocycles. The van der Waals surface area contributed by atoms with Crippen LogP contribution in [0, 0.1) is 13.8 Å². The average Bonchev–Trinajstić information content (AvgIpc) is 2.42. The van der Waals surface area contributed by atoms with Crippen molar-refractivity contribution in [2.45, 2.75) is 46.1 Å². The fourth-order valence-corrected chi connectivity index (χ4v) is 2.07. The molecular weight excluding hydrogens is 270 g/mol. The zero-order valence-electron chi connectivity index (χ0n) is 12.8. The maximum absolute atomic E-state index is 11.8. The van der Waals surface area contributed by atoms with E-state index >= 15 is 0 Å². The molecule has 0 aliphatic carbocycles. The third-order valence-corrected chi connectivity index (χ3v) is 3.24. The Hall–Kier alpha value is -2.04. The van der Waals surface area contributed by atoms with Crippen molar-refractivity contribution in [3.63, 3.8) is 0 Å². The van der Waals surface area contributed by atoms with Gasteiger partial charge in [-0.2, -0.15) is 0 Å². The van der Waals surface area contributed by atoms with Gasteiger partial charge in [-0.3, -0.25) is 4.79 Å². The number of rotatable bonds is 8. The molecule has 0 spiro atoms. The lowest BCUT2D eigenvalue weighted by Gasteiger charge is -2.15. The summed E-state index contributed by atoms with van der Waals surface area (Å²) in [6, 6.07) is 4.88. The van der Waals surface area contributed by atoms with E-state index < -0.39 is 17.9 Å². The van der Waals surface area contributed by atoms with Crippen LogP contribution in [0.2, 0.25) is 0 Å². The summed E-state index contributed by atoms with van der Waals surface area (Å²) in [5.41, 5.74) is 1.90. The molecule has 21 heavy (non-hydrogen) atoms. The van der Waals surface area contributed by atoms with Crippen molar-refractivity contribution in [2.24, 2.45) is 0 Å². The molecule has 1 rings (SSSR count). The second kappa shape index (κ2) is 8.29. The van der Waals surface area contributed by atoms with E-state index in [4.69, 9.17) is 9.84 Å². The van der Waals surface area contributed by atoms with Gasteiger partial charge in [0.1, 0.15) is 11.8 Å². The first-order chi connectivity index (χ1) is 9.95. The van der Waals surface area contributed by atoms with E-state index in [1.807, 2.05) is 39.0 Å². The maximum Gasteiger partial charge on any atom is 0.326 e. The Morgan fingerprint density at radius 1 is 1.29 bits per heavy atom. The zero-order chi connectivity index (χ0) is 15.8. The van der Waals surface area contributed by atoms with Gasteiger partial charge in [-0.25, -0.2) is 4.79 Å². The van der Waals surface area contributed by atoms with Gasteiger partial charge in [-0.1, -0.05) is 38.0 Å². The van der Waals surface area contributed by atoms with Crippen LogP contribution >= 0.6 is 0 Å². The zero-order valence-corrected chi connectivity index (χ0v) is 12.8. The maximum atomic E-state index is 11.8. The number of unbranched alkanes of at least 4 members (excludes halogenated alkanes) is 1. The molecular formula is C16H23NO4. The van der Waals surface area contributed by atoms with E-state index in [1.54, 1.807) is 0 Å². The van der Waals surface area contributed by atoms with Gasteiger partial charge < -0.3 is 15.2 Å². The Kier molecular flexibility index (Phi) is 6.72. The second-order valence-electron chi connectivity index (χ2n) is 5.11. The Morgan fingerprint density at radius 3 is 2.43 bits per heavy atom. The second-order valence-corrected chi connectivity index (χ2v) is 5.11. The van der Waals surface area contributed by atoms with Crippen molar-refractivity contribution in [1.82, 2.24) is 5.32 Å². The average molecular weight is 293 g/mol. The monoisotopic (exact) mass is 293 g/mol. The van der Waals surface area contributed by atoms with Gasteiger partial charge in [-0.15, -0.1) is 0 Å². The molecule has 2 N–H and O–H groups in total. The quantitative estimate of drug-likeness (QED) is 0.772. The van der Waals surface area contributed by atoms with E-state index in [0.717, 1.165) is 24.0 Å². The minimum absolute atomic E-state index is 0.179. The van der Waals surface area contributed by atoms with E-state index in [1.165, 1.54) is 0 Å². The number of benzene rings is 1. The predicted molar refractivity (Wildman–Crippen MR) is 80.5 cm³/mol. The molecule has 1 aromatic carbocycles. The first-order valence-corrected chi connectivity index (χ1v) is 7.16. The van der Waals surface area contributed by atoms with Crippen LogP contribution in [0.5, 0.6) is 5.75 Å². The van der Waals surface area contributed by atoms with Crippen LogP contribution in [0.1, 0.15) is 37.3 Å². The first kappa shape index (κ1) is 17.0. The van der Waals surface area contributed by atoms with Crippen molar-refractivity contribution in [1.29, 1.82) is 0 Å². The molecule has 1 atom stereocenters. The summed E-state index contributed by atoms with van der Waals surface area (Å²) in [5.74, 6) is -0.752. The van der Waals surface area contributed by atoms with Gasteiger partial charge in [0, 0.05) is 0 Å². The largest absolute Gasteiger partial charge is 0.483 e. The molecule has 1 amide bonds. The van der Waals surface area contributed by atoms with Crippen molar-refractivity contribution in [3.8, 4) is 5.75 Å². The van der Waals surface area contributed by atoms with Crippen LogP contribution in [0.25, 0.3) is 0 Å². The molecule has 1 aromatic rings. The lowest BCUT2D eigenvalue weighted by atomic mass is 10.1. The van der Waals surface area contributed by atoms with Gasteiger partial charge in [0.15, 0.2) is 6.61 Å². The molecule has 0 saturated carbocycles. The third-order valence-electron chi connectivity index (χ3n) is 3.24. The number of aryl methyl sites for hydroxylation is 2. The summed E-state index contributed by atoms with van der Waals surface area (Å²) in [4.78, 5) is 22.9. The number of ether oxygens (including phenoxy) is 1. The number of nitrogens with one attached hydrogen (secondary N) is 1. The molecule has 0 radical (unpaired) electrons. The number of carbonyl (C=O) groups is 2. The van der Waals surface area contributed by atoms with Crippen LogP contribution in [0.3, 0.4) is 0 Å². The molecule has 5 heteroatoms. The lowest BCUT2D eigenvalue weighted by Crippen LogP contribution is -2.42. The summed E-state index contributed by atoms with van der Waals surface area (Å²) in [7, 11) is 0. The van der Waals surface area contributed by atoms with Crippen molar-refractivity contribution >= 4 is 11.9 Å². The van der Waals surface area contributed by atoms with Crippen LogP contribution in [-0.4, -0.2) is 29.6 Å². The molecule has 1 unspecified atom stereocenters. The molecule has 5 nitrogen and oxygen atoms in total. The van der Waals surface area contributed by atoms with Gasteiger partial charge in [0.25, 0.3) is 5.91 Å². The van der Waals surface area contributed by atoms with Crippen LogP contribution in [0.15, 0.2) is 18.2 Å². The molecule has 0 saturated heterocycles. The fraction of sp³-hybridized carbons (Fsp3) is 0.500. The highest BCUT2D eigenvalue weighted by molar-refractivity contribution is 5.84. The highest BCUT2D eigenvalue weighted by atomic mass is 16.5. The molecule has 0 heterocycles. The van der Waals surface area contributed by atoms with Gasteiger partial charge >= 0.3 is 5.97 Å². The molecule has 0 fully saturated rings. The SMILES string of the molecule is CCCCC(NC(=O)COc1c(C)cccc1C)C(=O)O. The Labute approximate surface area is 125 Å². The number of carbonyl (C=O) groups excluding carboxylic acids is 1. The van der Waals surface area contributed by atoms with Gasteiger partial charge in [0.05, 0.1) is 0 Å². The van der Waals surface area contributed by atoms with Crippen molar-refractivity contribution < 1.29 is 19.4 Å². The fourth-order valence-electron chi connectivity index (χ4n) is 2.07. The topological polar surface area (TPSA) is 75.6 Å². The Bertz CT molecular complexity index is 479. The predicted octanol–water partition coefficient (Wildman–Crippen LogP) is 2.44. The number of para-hydroxylation sites is 1. The number of carboxylic acids is 1. The third kappa shape index (κ3) is 5.45. The van der Waals surface area contributed by atoms with E-state index in [9.17, 15) is 9.59 Å². The molecule has 116 valence electrons. The minimum atomic E-state index is -1.01. The summed E-state index contributed by atoms with van der Waals surface area (Å²) in [6.45, 7) is 5.61. The standard InChI is InChI=1S/C16H23NO4/c1-4-5-9-13(16(19)20)17-14(18)10-21-15-11(2)7-6-8-12(15)3/h6-8,13H,4-5,9-10H2,1-3H3,(H,17,18)(H,19,20). The lowest BCUT2D eigenvalue weighted by molar-refractivity contribution is -0.142. The Morgan fingerprint density at radius 2 is 1.90 bits per heavy atom. The molecule has 0 aromatic heterocycles. The first-order valence-electron chi connectivity index (χ1n) is 7.16. The number of aliphatic carboxylic acids is 1. The van der Waals surface area contributed by atoms with Gasteiger partial charge in [-0.05, 0) is 31.4 Å². The number of hydrogen-bond donors (Lipinski definition) is 2. The van der Waals surface area contributed by atoms with Crippen LogP contribution in [0.4, 0.5) is 0 Å². The van der Waals surface area contributed by atoms with E-state index in [2.05, 4.69) is 5.32 Å². The molecule has 0 bridgehead atoms. The minimum Gasteiger partial charge on any atom is -0.483 e. The van der Waals surface area contributed by atoms with Crippen LogP contribution < -0.4 is 10.1 Å². The van der Waals surface area contributed by atoms with Crippen LogP contribution in [-0.2, 0) is 9.59 Å². The highest BCUT2D eigenvalue weighted by Crippen LogP contribution is 2.22. The summed E-state index contributed by atoms with van der Waals surface area (Å²) >= 11 is 0.